The van der Waals surface area contributed by atoms with Crippen LogP contribution in [0.2, 0.25) is 0 Å². The molecule has 8 aromatic carbocycles. The molecule has 3 saturated heterocycles. The van der Waals surface area contributed by atoms with Crippen LogP contribution in [0.3, 0.4) is 0 Å². The number of rotatable bonds is 21. The Morgan fingerprint density at radius 1 is 0.674 bits per heavy atom. The van der Waals surface area contributed by atoms with Crippen LogP contribution in [0.4, 0.5) is 18.3 Å². The normalized spacial score (nSPS) is 19.0. The van der Waals surface area contributed by atoms with Crippen molar-refractivity contribution in [2.75, 3.05) is 38.7 Å². The number of benzene rings is 8. The quantitative estimate of drug-likeness (QED) is 0.0132. The molecule has 23 heteroatoms. The number of anilines is 1. The Balaban J connectivity index is 0.000000550. The molecule has 0 aliphatic carbocycles. The summed E-state index contributed by atoms with van der Waals surface area (Å²) in [6.45, 7) is 1.69. The predicted octanol–water partition coefficient (Wildman–Crippen LogP) is 13.0. The molecule has 486 valence electrons. The lowest BCUT2D eigenvalue weighted by atomic mass is 9.77. The highest BCUT2D eigenvalue weighted by Crippen LogP contribution is 2.48. The molecule has 2 amide bonds. The lowest BCUT2D eigenvalue weighted by Crippen LogP contribution is -2.71. The molecule has 4 aliphatic heterocycles. The van der Waals surface area contributed by atoms with Gasteiger partial charge in [-0.3, -0.25) is 18.7 Å². The van der Waals surface area contributed by atoms with Crippen molar-refractivity contribution in [1.29, 1.82) is 0 Å². The molecular formula is C72H62F3N5O11S4. The summed E-state index contributed by atoms with van der Waals surface area (Å²) in [5.74, 6) is -1.05. The third-order valence-corrected chi connectivity index (χ3v) is 19.8. The van der Waals surface area contributed by atoms with E-state index in [4.69, 9.17) is 41.4 Å². The van der Waals surface area contributed by atoms with Crippen molar-refractivity contribution >= 4 is 73.1 Å². The van der Waals surface area contributed by atoms with Gasteiger partial charge in [-0.2, -0.15) is 21.6 Å². The van der Waals surface area contributed by atoms with Crippen molar-refractivity contribution in [2.45, 2.75) is 58.5 Å². The van der Waals surface area contributed by atoms with E-state index in [0.717, 1.165) is 50.1 Å². The minimum absolute atomic E-state index is 0.0212. The summed E-state index contributed by atoms with van der Waals surface area (Å²) < 4.78 is 87.6. The first-order valence-electron chi connectivity index (χ1n) is 30.2. The average molecular weight is 1360 g/mol. The maximum Gasteiger partial charge on any atom is 0.523 e. The first-order chi connectivity index (χ1) is 46.2. The van der Waals surface area contributed by atoms with Gasteiger partial charge in [0.1, 0.15) is 60.2 Å². The summed E-state index contributed by atoms with van der Waals surface area (Å²) in [7, 11) is -5.52. The fraction of sp³-hybridized carbons (Fsp3) is 0.208. The fourth-order valence-electron chi connectivity index (χ4n) is 11.8. The Kier molecular flexibility index (Phi) is 20.5. The third kappa shape index (κ3) is 14.1. The number of thioether (sulfide) groups is 1. The number of hydrogen-bond donors (Lipinski definition) is 2. The van der Waals surface area contributed by atoms with E-state index in [-0.39, 0.29) is 54.4 Å². The van der Waals surface area contributed by atoms with Gasteiger partial charge in [-0.25, -0.2) is 4.98 Å². The van der Waals surface area contributed by atoms with Gasteiger partial charge in [-0.05, 0) is 47.0 Å². The molecule has 4 unspecified atom stereocenters. The second-order valence-electron chi connectivity index (χ2n) is 22.2. The van der Waals surface area contributed by atoms with Crippen LogP contribution in [0.5, 0.6) is 0 Å². The Bertz CT molecular complexity index is 4020. The molecule has 0 spiro atoms. The largest absolute Gasteiger partial charge is 0.523 e. The van der Waals surface area contributed by atoms with Crippen molar-refractivity contribution in [3.05, 3.63) is 310 Å². The summed E-state index contributed by atoms with van der Waals surface area (Å²) in [5, 5.41) is 13.5. The maximum absolute atomic E-state index is 15.6. The van der Waals surface area contributed by atoms with Gasteiger partial charge in [0.25, 0.3) is 11.8 Å². The molecule has 0 saturated carbocycles. The van der Waals surface area contributed by atoms with Gasteiger partial charge in [0.15, 0.2) is 10.8 Å². The van der Waals surface area contributed by atoms with E-state index in [1.165, 1.54) is 23.1 Å². The number of halogens is 3. The van der Waals surface area contributed by atoms with Crippen LogP contribution in [0.25, 0.3) is 0 Å². The molecule has 2 N–H and O–H groups in total. The molecular weight excluding hydrogens is 1300 g/mol. The van der Waals surface area contributed by atoms with E-state index in [1.54, 1.807) is 10.3 Å². The summed E-state index contributed by atoms with van der Waals surface area (Å²) in [6.07, 6.45) is -1.84. The van der Waals surface area contributed by atoms with Crippen molar-refractivity contribution in [2.24, 2.45) is 5.16 Å². The Hall–Kier alpha value is -8.88. The maximum atomic E-state index is 15.6. The minimum atomic E-state index is -5.52. The molecule has 4 aliphatic rings. The van der Waals surface area contributed by atoms with Crippen LogP contribution in [-0.4, -0.2) is 109 Å². The summed E-state index contributed by atoms with van der Waals surface area (Å²) in [6, 6.07) is 78.8. The van der Waals surface area contributed by atoms with Crippen LogP contribution >= 0.6 is 35.3 Å². The zero-order valence-corrected chi connectivity index (χ0v) is 54.0. The number of fused-ring (bicyclic) bond motifs is 1. The summed E-state index contributed by atoms with van der Waals surface area (Å²) in [4.78, 5) is 44.7. The number of aromatic nitrogens is 1. The highest BCUT2D eigenvalue weighted by Gasteiger charge is 2.57. The van der Waals surface area contributed by atoms with E-state index < -0.39 is 69.0 Å². The number of thiocarbonyl (C=S) groups is 1. The van der Waals surface area contributed by atoms with Crippen LogP contribution in [0, 0.1) is 0 Å². The van der Waals surface area contributed by atoms with Crippen molar-refractivity contribution < 1.29 is 63.9 Å². The summed E-state index contributed by atoms with van der Waals surface area (Å²) in [5.41, 5.74) is 0.642. The zero-order chi connectivity index (χ0) is 66.0. The molecule has 5 atom stereocenters. The number of ether oxygens (including phenoxy) is 5. The number of thiazole rings is 1. The van der Waals surface area contributed by atoms with Gasteiger partial charge in [0.2, 0.25) is 10.7 Å². The molecule has 16 nitrogen and oxygen atoms in total. The van der Waals surface area contributed by atoms with Gasteiger partial charge in [-0.1, -0.05) is 248 Å². The van der Waals surface area contributed by atoms with Crippen LogP contribution in [-0.2, 0) is 63.6 Å². The molecule has 3 fully saturated rings. The number of oxime groups is 1. The molecule has 13 rings (SSSR count). The molecule has 5 heterocycles. The Labute approximate surface area is 560 Å². The number of amides is 2. The van der Waals surface area contributed by atoms with Gasteiger partial charge in [0, 0.05) is 32.9 Å². The third-order valence-electron chi connectivity index (χ3n) is 16.3. The zero-order valence-electron chi connectivity index (χ0n) is 50.8. The number of alkyl halides is 3. The van der Waals surface area contributed by atoms with Crippen molar-refractivity contribution in [1.82, 2.24) is 15.2 Å². The van der Waals surface area contributed by atoms with Crippen LogP contribution < -0.4 is 10.6 Å². The number of β-lactam (4-membered cyclic amide) rings is 1. The second kappa shape index (κ2) is 29.4. The van der Waals surface area contributed by atoms with E-state index in [0.29, 0.717) is 10.8 Å². The Morgan fingerprint density at radius 2 is 1.13 bits per heavy atom. The van der Waals surface area contributed by atoms with Crippen LogP contribution in [0.1, 0.15) is 63.2 Å². The number of carbonyl (C=O) groups is 2. The van der Waals surface area contributed by atoms with Gasteiger partial charge >= 0.3 is 15.6 Å². The molecule has 0 bridgehead atoms. The van der Waals surface area contributed by atoms with Gasteiger partial charge in [0.05, 0.1) is 19.8 Å². The minimum Gasteiger partial charge on any atom is -0.469 e. The Morgan fingerprint density at radius 3 is 1.57 bits per heavy atom. The SMILES string of the molecule is CC1S[C@@H]2C(NC(=O)/C(=N/OC(c3ccccc3)(c3ccccc3)c3ccccc3)c3csc(NC(c4ccccc4)(c4ccccc4)c4ccccc4)n3)C(=O)N2C(C(=S)OC(c2ccccc2)c2ccccc2)=C1C1COCO1.O=S(=O)(OCC1COCO1)C(F)(F)F. The highest BCUT2D eigenvalue weighted by atomic mass is 32.2. The molecule has 1 aromatic heterocycles. The molecule has 95 heavy (non-hydrogen) atoms. The van der Waals surface area contributed by atoms with Gasteiger partial charge in [-0.15, -0.1) is 23.1 Å². The average Bonchev–Trinajstić information content (AvgIpc) is 1.39. The molecule has 9 aromatic rings. The lowest BCUT2D eigenvalue weighted by molar-refractivity contribution is -0.144. The smallest absolute Gasteiger partial charge is 0.469 e. The first kappa shape index (κ1) is 66.2. The van der Waals surface area contributed by atoms with Crippen LogP contribution in [0.15, 0.2) is 264 Å². The predicted molar refractivity (Wildman–Crippen MR) is 359 cm³/mol. The van der Waals surface area contributed by atoms with Crippen molar-refractivity contribution in [3.8, 4) is 0 Å². The lowest BCUT2D eigenvalue weighted by Gasteiger charge is -2.52. The highest BCUT2D eigenvalue weighted by molar-refractivity contribution is 8.00. The molecule has 0 radical (unpaired) electrons. The van der Waals surface area contributed by atoms with E-state index >= 15 is 9.59 Å². The number of nitrogens with zero attached hydrogens (tertiary/aromatic N) is 3. The first-order valence-corrected chi connectivity index (χ1v) is 33.8. The number of hydrogen-bond acceptors (Lipinski definition) is 17. The van der Waals surface area contributed by atoms with Gasteiger partial charge < -0.3 is 39.2 Å². The van der Waals surface area contributed by atoms with E-state index in [1.807, 2.05) is 206 Å². The standard InChI is InChI=1S/C67H55N5O6S3.C5H7F3O5S/c1-45-56(55-42-75-44-76-55)59(64(79)77-60(46-26-10-2-11-27-46)47-28-12-3-13-29-47)72-62(74)58(63(72)81-45)69-61(73)57(71-78-67(51-36-20-7-21-37-51,52-38-22-8-23-39-52)53-40-24-9-25-41-53)54-43-80-65(68-54)70-66(48-30-14-4-15-31-48,49-32-16-5-17-33-49)50-34-18-6-19-35-50;6-5(7,8)14(9,10)13-2-4-1-11-3-12-4/h2-41,43,45,55,58,60,63H,42,44H2,1H3,(H,68,70)(H,69,73);4H,1-3H2/b71-57+;/t45?,55?,58?,63-;/m1./s1. The topological polar surface area (TPSA) is 185 Å². The van der Waals surface area contributed by atoms with E-state index in [2.05, 4.69) is 67.6 Å². The monoisotopic (exact) mass is 1360 g/mol. The van der Waals surface area contributed by atoms with E-state index in [9.17, 15) is 21.6 Å². The second-order valence-corrected chi connectivity index (χ2v) is 26.5. The summed E-state index contributed by atoms with van der Waals surface area (Å²) >= 11 is 9.13. The fourth-order valence-corrected chi connectivity index (χ4v) is 14.8. The number of carbonyl (C=O) groups excluding carboxylic acids is 2. The number of nitrogens with one attached hydrogen (secondary N) is 2. The van der Waals surface area contributed by atoms with Crippen molar-refractivity contribution in [3.63, 3.8) is 0 Å².